The molecule has 0 atom stereocenters. The number of nitrogens with one attached hydrogen (secondary N) is 2. The van der Waals surface area contributed by atoms with Gasteiger partial charge in [0.25, 0.3) is 0 Å². The first-order chi connectivity index (χ1) is 13.6. The molecule has 3 aromatic carbocycles. The van der Waals surface area contributed by atoms with Gasteiger partial charge in [0.2, 0.25) is 11.8 Å². The number of amides is 2. The highest BCUT2D eigenvalue weighted by Crippen LogP contribution is 2.19. The highest BCUT2D eigenvalue weighted by Gasteiger charge is 2.06. The fraction of sp³-hybridized carbons (Fsp3) is 0.0909. The number of hydrogen-bond donors (Lipinski definition) is 3. The Morgan fingerprint density at radius 3 is 2.39 bits per heavy atom. The van der Waals surface area contributed by atoms with Gasteiger partial charge in [0, 0.05) is 23.0 Å². The number of rotatable bonds is 8. The molecule has 0 saturated heterocycles. The van der Waals surface area contributed by atoms with Gasteiger partial charge in [0.05, 0.1) is 6.54 Å². The smallest absolute Gasteiger partial charge is 0.248 e. The fourth-order valence-corrected chi connectivity index (χ4v) is 2.57. The number of anilines is 2. The van der Waals surface area contributed by atoms with Crippen LogP contribution in [0.2, 0.25) is 0 Å². The summed E-state index contributed by atoms with van der Waals surface area (Å²) in [5.41, 5.74) is 8.00. The lowest BCUT2D eigenvalue weighted by atomic mass is 10.2. The van der Waals surface area contributed by atoms with Crippen LogP contribution >= 0.6 is 0 Å². The van der Waals surface area contributed by atoms with E-state index < -0.39 is 5.91 Å². The van der Waals surface area contributed by atoms with Crippen molar-refractivity contribution in [2.75, 3.05) is 17.2 Å². The predicted molar refractivity (Wildman–Crippen MR) is 109 cm³/mol. The van der Waals surface area contributed by atoms with Gasteiger partial charge >= 0.3 is 0 Å². The first-order valence-corrected chi connectivity index (χ1v) is 8.80. The van der Waals surface area contributed by atoms with E-state index in [4.69, 9.17) is 10.5 Å². The van der Waals surface area contributed by atoms with Crippen molar-refractivity contribution in [3.05, 3.63) is 90.0 Å². The van der Waals surface area contributed by atoms with Gasteiger partial charge in [0.1, 0.15) is 12.4 Å². The Bertz CT molecular complexity index is 958. The lowest BCUT2D eigenvalue weighted by Gasteiger charge is -2.10. The van der Waals surface area contributed by atoms with E-state index in [0.29, 0.717) is 29.3 Å². The number of carbonyl (C=O) groups excluding carboxylic acids is 2. The molecule has 0 heterocycles. The predicted octanol–water partition coefficient (Wildman–Crippen LogP) is 3.42. The number of primary amides is 1. The zero-order chi connectivity index (χ0) is 19.8. The molecule has 3 rings (SSSR count). The second-order valence-corrected chi connectivity index (χ2v) is 6.15. The standard InChI is InChI=1S/C22H21N3O3/c23-22(27)17-8-4-9-18(12-17)24-14-21(26)25-19-10-5-11-20(13-19)28-15-16-6-2-1-3-7-16/h1-13,24H,14-15H2,(H2,23,27)(H,25,26). The molecule has 0 spiro atoms. The molecule has 0 bridgehead atoms. The summed E-state index contributed by atoms with van der Waals surface area (Å²) >= 11 is 0. The summed E-state index contributed by atoms with van der Waals surface area (Å²) in [5, 5.41) is 5.79. The van der Waals surface area contributed by atoms with E-state index >= 15 is 0 Å². The maximum Gasteiger partial charge on any atom is 0.248 e. The van der Waals surface area contributed by atoms with E-state index in [0.717, 1.165) is 5.56 Å². The topological polar surface area (TPSA) is 93.5 Å². The monoisotopic (exact) mass is 375 g/mol. The maximum absolute atomic E-state index is 12.2. The van der Waals surface area contributed by atoms with Crippen molar-refractivity contribution in [1.29, 1.82) is 0 Å². The number of nitrogens with two attached hydrogens (primary N) is 1. The van der Waals surface area contributed by atoms with Crippen LogP contribution in [-0.2, 0) is 11.4 Å². The molecule has 142 valence electrons. The lowest BCUT2D eigenvalue weighted by Crippen LogP contribution is -2.22. The van der Waals surface area contributed by atoms with E-state index in [1.54, 1.807) is 36.4 Å². The Morgan fingerprint density at radius 1 is 0.857 bits per heavy atom. The van der Waals surface area contributed by atoms with Crippen molar-refractivity contribution in [3.8, 4) is 5.75 Å². The van der Waals surface area contributed by atoms with E-state index in [1.807, 2.05) is 42.5 Å². The van der Waals surface area contributed by atoms with Crippen LogP contribution in [0.5, 0.6) is 5.75 Å². The van der Waals surface area contributed by atoms with Crippen LogP contribution in [0.3, 0.4) is 0 Å². The third-order valence-electron chi connectivity index (χ3n) is 3.97. The van der Waals surface area contributed by atoms with Crippen LogP contribution in [0, 0.1) is 0 Å². The Balaban J connectivity index is 1.52. The molecule has 3 aromatic rings. The quantitative estimate of drug-likeness (QED) is 0.562. The van der Waals surface area contributed by atoms with Crippen molar-refractivity contribution >= 4 is 23.2 Å². The second kappa shape index (κ2) is 9.23. The van der Waals surface area contributed by atoms with Gasteiger partial charge in [-0.15, -0.1) is 0 Å². The molecule has 0 saturated carbocycles. The zero-order valence-corrected chi connectivity index (χ0v) is 15.2. The van der Waals surface area contributed by atoms with Crippen LogP contribution < -0.4 is 21.1 Å². The van der Waals surface area contributed by atoms with Crippen molar-refractivity contribution in [3.63, 3.8) is 0 Å². The van der Waals surface area contributed by atoms with Gasteiger partial charge in [-0.25, -0.2) is 0 Å². The molecule has 0 unspecified atom stereocenters. The molecule has 0 aliphatic rings. The Labute approximate surface area is 163 Å². The molecule has 28 heavy (non-hydrogen) atoms. The van der Waals surface area contributed by atoms with Crippen molar-refractivity contribution < 1.29 is 14.3 Å². The molecule has 6 nitrogen and oxygen atoms in total. The third kappa shape index (κ3) is 5.60. The van der Waals surface area contributed by atoms with E-state index in [9.17, 15) is 9.59 Å². The first kappa shape index (κ1) is 19.0. The molecule has 0 fully saturated rings. The average molecular weight is 375 g/mol. The van der Waals surface area contributed by atoms with Crippen LogP contribution in [-0.4, -0.2) is 18.4 Å². The second-order valence-electron chi connectivity index (χ2n) is 6.15. The minimum absolute atomic E-state index is 0.0529. The van der Waals surface area contributed by atoms with Crippen LogP contribution in [0.25, 0.3) is 0 Å². The highest BCUT2D eigenvalue weighted by molar-refractivity contribution is 5.95. The lowest BCUT2D eigenvalue weighted by molar-refractivity contribution is -0.114. The summed E-state index contributed by atoms with van der Waals surface area (Å²) in [6, 6.07) is 23.8. The molecular weight excluding hydrogens is 354 g/mol. The largest absolute Gasteiger partial charge is 0.489 e. The molecule has 4 N–H and O–H groups in total. The molecule has 0 aliphatic carbocycles. The number of ether oxygens (including phenoxy) is 1. The third-order valence-corrected chi connectivity index (χ3v) is 3.97. The molecule has 2 amide bonds. The van der Waals surface area contributed by atoms with Crippen molar-refractivity contribution in [2.24, 2.45) is 5.73 Å². The highest BCUT2D eigenvalue weighted by atomic mass is 16.5. The Hall–Kier alpha value is -3.80. The minimum Gasteiger partial charge on any atom is -0.489 e. The van der Waals surface area contributed by atoms with Gasteiger partial charge in [-0.1, -0.05) is 42.5 Å². The summed E-state index contributed by atoms with van der Waals surface area (Å²) in [7, 11) is 0. The van der Waals surface area contributed by atoms with Crippen molar-refractivity contribution in [1.82, 2.24) is 0 Å². The number of hydrogen-bond acceptors (Lipinski definition) is 4. The SMILES string of the molecule is NC(=O)c1cccc(NCC(=O)Nc2cccc(OCc3ccccc3)c2)c1. The van der Waals surface area contributed by atoms with E-state index in [1.165, 1.54) is 0 Å². The minimum atomic E-state index is -0.514. The van der Waals surface area contributed by atoms with Gasteiger partial charge < -0.3 is 21.1 Å². The van der Waals surface area contributed by atoms with E-state index in [-0.39, 0.29) is 12.5 Å². The number of carbonyl (C=O) groups is 2. The normalized spacial score (nSPS) is 10.1. The zero-order valence-electron chi connectivity index (χ0n) is 15.2. The van der Waals surface area contributed by atoms with Crippen LogP contribution in [0.15, 0.2) is 78.9 Å². The van der Waals surface area contributed by atoms with Gasteiger partial charge in [-0.2, -0.15) is 0 Å². The van der Waals surface area contributed by atoms with Crippen molar-refractivity contribution in [2.45, 2.75) is 6.61 Å². The number of benzene rings is 3. The first-order valence-electron chi connectivity index (χ1n) is 8.80. The van der Waals surface area contributed by atoms with Gasteiger partial charge in [0.15, 0.2) is 0 Å². The summed E-state index contributed by atoms with van der Waals surface area (Å²) in [5.74, 6) is -0.0612. The fourth-order valence-electron chi connectivity index (χ4n) is 2.57. The summed E-state index contributed by atoms with van der Waals surface area (Å²) < 4.78 is 5.77. The van der Waals surface area contributed by atoms with Crippen LogP contribution in [0.1, 0.15) is 15.9 Å². The molecule has 0 aliphatic heterocycles. The van der Waals surface area contributed by atoms with Crippen LogP contribution in [0.4, 0.5) is 11.4 Å². The Morgan fingerprint density at radius 2 is 1.61 bits per heavy atom. The van der Waals surface area contributed by atoms with E-state index in [2.05, 4.69) is 10.6 Å². The summed E-state index contributed by atoms with van der Waals surface area (Å²) in [6.45, 7) is 0.507. The molecule has 6 heteroatoms. The average Bonchev–Trinajstić information content (AvgIpc) is 2.72. The van der Waals surface area contributed by atoms with Gasteiger partial charge in [-0.3, -0.25) is 9.59 Å². The summed E-state index contributed by atoms with van der Waals surface area (Å²) in [6.07, 6.45) is 0. The molecular formula is C22H21N3O3. The Kier molecular flexibility index (Phi) is 6.25. The van der Waals surface area contributed by atoms with Gasteiger partial charge in [-0.05, 0) is 35.9 Å². The maximum atomic E-state index is 12.2. The summed E-state index contributed by atoms with van der Waals surface area (Å²) in [4.78, 5) is 23.4. The molecule has 0 aromatic heterocycles. The molecule has 0 radical (unpaired) electrons.